The number of thiazole rings is 1. The molecule has 0 fully saturated rings. The van der Waals surface area contributed by atoms with Gasteiger partial charge in [-0.15, -0.1) is 11.3 Å². The van der Waals surface area contributed by atoms with Crippen LogP contribution in [0.2, 0.25) is 0 Å². The molecule has 0 spiro atoms. The number of nitrogens with zero attached hydrogens (tertiary/aromatic N) is 1. The maximum absolute atomic E-state index is 12.0. The molecule has 1 aromatic carbocycles. The van der Waals surface area contributed by atoms with Gasteiger partial charge in [-0.05, 0) is 19.1 Å². The Morgan fingerprint density at radius 1 is 1.33 bits per heavy atom. The molecule has 0 aliphatic heterocycles. The molecule has 1 heterocycles. The molecule has 6 nitrogen and oxygen atoms in total. The van der Waals surface area contributed by atoms with E-state index in [9.17, 15) is 9.59 Å². The molecule has 0 saturated heterocycles. The monoisotopic (exact) mass is 307 g/mol. The van der Waals surface area contributed by atoms with Gasteiger partial charge in [0.2, 0.25) is 5.78 Å². The first-order chi connectivity index (χ1) is 10.0. The van der Waals surface area contributed by atoms with Gasteiger partial charge in [0, 0.05) is 6.07 Å². The van der Waals surface area contributed by atoms with Gasteiger partial charge in [0.1, 0.15) is 16.4 Å². The van der Waals surface area contributed by atoms with Crippen LogP contribution in [-0.4, -0.2) is 35.6 Å². The number of ether oxygens (including phenoxy) is 2. The maximum atomic E-state index is 12.0. The molecule has 2 aromatic rings. The summed E-state index contributed by atoms with van der Waals surface area (Å²) in [5.41, 5.74) is 0.331. The van der Waals surface area contributed by atoms with Crippen molar-refractivity contribution in [3.05, 3.63) is 39.8 Å². The number of ketones is 1. The number of aryl methyl sites for hydroxylation is 1. The first-order valence-electron chi connectivity index (χ1n) is 6.02. The Hall–Kier alpha value is -2.41. The fourth-order valence-electron chi connectivity index (χ4n) is 1.62. The summed E-state index contributed by atoms with van der Waals surface area (Å²) >= 11 is 0.854. The molecule has 0 saturated carbocycles. The third-order valence-corrected chi connectivity index (χ3v) is 3.83. The van der Waals surface area contributed by atoms with E-state index in [4.69, 9.17) is 14.6 Å². The van der Waals surface area contributed by atoms with Gasteiger partial charge in [-0.25, -0.2) is 9.78 Å². The molecular weight excluding hydrogens is 294 g/mol. The van der Waals surface area contributed by atoms with E-state index in [-0.39, 0.29) is 22.3 Å². The quantitative estimate of drug-likeness (QED) is 0.825. The van der Waals surface area contributed by atoms with E-state index in [2.05, 4.69) is 4.98 Å². The van der Waals surface area contributed by atoms with Crippen LogP contribution < -0.4 is 9.47 Å². The van der Waals surface area contributed by atoms with Crippen molar-refractivity contribution in [1.29, 1.82) is 0 Å². The molecule has 7 heteroatoms. The Morgan fingerprint density at radius 3 is 2.67 bits per heavy atom. The largest absolute Gasteiger partial charge is 0.497 e. The maximum Gasteiger partial charge on any atom is 0.347 e. The first-order valence-corrected chi connectivity index (χ1v) is 6.83. The summed E-state index contributed by atoms with van der Waals surface area (Å²) in [7, 11) is 1.54. The zero-order chi connectivity index (χ0) is 15.4. The van der Waals surface area contributed by atoms with Gasteiger partial charge in [-0.2, -0.15) is 0 Å². The summed E-state index contributed by atoms with van der Waals surface area (Å²) < 4.78 is 10.4. The zero-order valence-corrected chi connectivity index (χ0v) is 12.3. The lowest BCUT2D eigenvalue weighted by atomic mass is 10.3. The molecule has 2 rings (SSSR count). The molecule has 0 aliphatic rings. The molecular formula is C14H13NO5S. The highest BCUT2D eigenvalue weighted by Gasteiger charge is 2.19. The molecule has 1 N–H and O–H groups in total. The molecule has 21 heavy (non-hydrogen) atoms. The van der Waals surface area contributed by atoms with Crippen molar-refractivity contribution in [1.82, 2.24) is 4.98 Å². The number of methoxy groups -OCH3 is 1. The predicted molar refractivity (Wildman–Crippen MR) is 76.6 cm³/mol. The minimum absolute atomic E-state index is 0.0692. The Bertz CT molecular complexity index is 680. The topological polar surface area (TPSA) is 85.7 Å². The number of hydrogen-bond acceptors (Lipinski definition) is 6. The Balaban J connectivity index is 2.04. The molecule has 0 radical (unpaired) electrons. The summed E-state index contributed by atoms with van der Waals surface area (Å²) in [6.45, 7) is 1.35. The normalized spacial score (nSPS) is 10.2. The first kappa shape index (κ1) is 15.0. The van der Waals surface area contributed by atoms with E-state index in [0.717, 1.165) is 11.3 Å². The second-order valence-electron chi connectivity index (χ2n) is 4.13. The molecule has 0 atom stereocenters. The van der Waals surface area contributed by atoms with E-state index in [0.29, 0.717) is 17.2 Å². The van der Waals surface area contributed by atoms with Crippen LogP contribution in [0, 0.1) is 6.92 Å². The molecule has 0 amide bonds. The standard InChI is InChI=1S/C14H13NO5S/c1-8-12(14(17)18)21-13(15-8)11(16)7-20-10-5-3-4-9(6-10)19-2/h3-6H,7H2,1-2H3,(H,17,18). The lowest BCUT2D eigenvalue weighted by Gasteiger charge is -2.05. The van der Waals surface area contributed by atoms with Crippen molar-refractivity contribution >= 4 is 23.1 Å². The molecule has 1 aromatic heterocycles. The highest BCUT2D eigenvalue weighted by molar-refractivity contribution is 7.15. The van der Waals surface area contributed by atoms with Crippen molar-refractivity contribution in [2.75, 3.05) is 13.7 Å². The number of benzene rings is 1. The number of hydrogen-bond donors (Lipinski definition) is 1. The minimum Gasteiger partial charge on any atom is -0.497 e. The number of carbonyl (C=O) groups is 2. The highest BCUT2D eigenvalue weighted by atomic mass is 32.1. The van der Waals surface area contributed by atoms with Crippen molar-refractivity contribution in [3.63, 3.8) is 0 Å². The Morgan fingerprint density at radius 2 is 2.05 bits per heavy atom. The van der Waals surface area contributed by atoms with Crippen LogP contribution in [0.4, 0.5) is 0 Å². The Kier molecular flexibility index (Phi) is 4.54. The van der Waals surface area contributed by atoms with Gasteiger partial charge in [0.05, 0.1) is 12.8 Å². The third kappa shape index (κ3) is 3.57. The average Bonchev–Trinajstić information content (AvgIpc) is 2.87. The summed E-state index contributed by atoms with van der Waals surface area (Å²) in [6, 6.07) is 6.86. The third-order valence-electron chi connectivity index (χ3n) is 2.64. The average molecular weight is 307 g/mol. The molecule has 0 bridgehead atoms. The van der Waals surface area contributed by atoms with Gasteiger partial charge in [0.15, 0.2) is 11.6 Å². The van der Waals surface area contributed by atoms with Crippen LogP contribution in [0.3, 0.4) is 0 Å². The fraction of sp³-hybridized carbons (Fsp3) is 0.214. The summed E-state index contributed by atoms with van der Waals surface area (Å²) in [5.74, 6) is -0.330. The summed E-state index contributed by atoms with van der Waals surface area (Å²) in [5, 5.41) is 9.07. The fourth-order valence-corrected chi connectivity index (χ4v) is 2.45. The summed E-state index contributed by atoms with van der Waals surface area (Å²) in [4.78, 5) is 26.9. The van der Waals surface area contributed by atoms with E-state index < -0.39 is 5.97 Å². The SMILES string of the molecule is COc1cccc(OCC(=O)c2nc(C)c(C(=O)O)s2)c1. The highest BCUT2D eigenvalue weighted by Crippen LogP contribution is 2.21. The number of carboxylic acid groups (broad SMARTS) is 1. The minimum atomic E-state index is -1.09. The number of carbonyl (C=O) groups excluding carboxylic acids is 1. The van der Waals surface area contributed by atoms with Gasteiger partial charge in [-0.3, -0.25) is 4.79 Å². The second-order valence-corrected chi connectivity index (χ2v) is 5.13. The van der Waals surface area contributed by atoms with E-state index in [1.54, 1.807) is 31.2 Å². The van der Waals surface area contributed by atoms with Crippen LogP contribution in [0.15, 0.2) is 24.3 Å². The Labute approximate surface area is 125 Å². The number of carboxylic acids is 1. The smallest absolute Gasteiger partial charge is 0.347 e. The lowest BCUT2D eigenvalue weighted by molar-refractivity contribution is 0.0701. The van der Waals surface area contributed by atoms with Crippen molar-refractivity contribution in [3.8, 4) is 11.5 Å². The number of rotatable bonds is 6. The second kappa shape index (κ2) is 6.36. The van der Waals surface area contributed by atoms with Crippen LogP contribution >= 0.6 is 11.3 Å². The van der Waals surface area contributed by atoms with Crippen LogP contribution in [0.5, 0.6) is 11.5 Å². The van der Waals surface area contributed by atoms with Crippen LogP contribution in [0.1, 0.15) is 25.2 Å². The van der Waals surface area contributed by atoms with Crippen molar-refractivity contribution in [2.45, 2.75) is 6.92 Å². The lowest BCUT2D eigenvalue weighted by Crippen LogP contribution is -2.11. The number of aromatic carboxylic acids is 1. The molecule has 0 unspecified atom stereocenters. The molecule has 0 aliphatic carbocycles. The zero-order valence-electron chi connectivity index (χ0n) is 11.5. The summed E-state index contributed by atoms with van der Waals surface area (Å²) in [6.07, 6.45) is 0. The van der Waals surface area contributed by atoms with Gasteiger partial charge in [-0.1, -0.05) is 6.07 Å². The molecule has 110 valence electrons. The van der Waals surface area contributed by atoms with E-state index in [1.165, 1.54) is 7.11 Å². The van der Waals surface area contributed by atoms with Gasteiger partial charge in [0.25, 0.3) is 0 Å². The van der Waals surface area contributed by atoms with E-state index in [1.807, 2.05) is 0 Å². The van der Waals surface area contributed by atoms with Gasteiger partial charge >= 0.3 is 5.97 Å². The van der Waals surface area contributed by atoms with E-state index >= 15 is 0 Å². The number of aromatic nitrogens is 1. The predicted octanol–water partition coefficient (Wildman–Crippen LogP) is 2.42. The van der Waals surface area contributed by atoms with Crippen molar-refractivity contribution in [2.24, 2.45) is 0 Å². The van der Waals surface area contributed by atoms with Crippen molar-refractivity contribution < 1.29 is 24.2 Å². The van der Waals surface area contributed by atoms with Crippen LogP contribution in [-0.2, 0) is 0 Å². The number of Topliss-reactive ketones (excluding diaryl/α,β-unsaturated/α-hetero) is 1. The van der Waals surface area contributed by atoms with Gasteiger partial charge < -0.3 is 14.6 Å². The van der Waals surface area contributed by atoms with Crippen LogP contribution in [0.25, 0.3) is 0 Å².